The third-order valence-electron chi connectivity index (χ3n) is 7.29. The highest BCUT2D eigenvalue weighted by Crippen LogP contribution is 2.58. The number of halogens is 1. The number of fused-ring (bicyclic) bond motifs is 2. The largest absolute Gasteiger partial charge is 0.390 e. The second-order valence-corrected chi connectivity index (χ2v) is 9.11. The first-order chi connectivity index (χ1) is 12.8. The molecule has 148 valence electrons. The Balaban J connectivity index is 1.68. The Kier molecular flexibility index (Phi) is 4.79. The molecule has 1 saturated heterocycles. The van der Waals surface area contributed by atoms with E-state index in [2.05, 4.69) is 0 Å². The van der Waals surface area contributed by atoms with Gasteiger partial charge in [-0.2, -0.15) is 0 Å². The summed E-state index contributed by atoms with van der Waals surface area (Å²) in [4.78, 5) is 15.0. The van der Waals surface area contributed by atoms with Crippen LogP contribution in [0.4, 0.5) is 4.39 Å². The Hall–Kier alpha value is -1.46. The molecule has 2 unspecified atom stereocenters. The number of carbonyl (C=O) groups excluding carboxylic acids is 1. The average molecular weight is 375 g/mol. The summed E-state index contributed by atoms with van der Waals surface area (Å²) >= 11 is 0. The van der Waals surface area contributed by atoms with Crippen molar-refractivity contribution in [2.75, 3.05) is 20.2 Å². The minimum atomic E-state index is -0.680. The predicted molar refractivity (Wildman–Crippen MR) is 101 cm³/mol. The zero-order chi connectivity index (χ0) is 19.2. The topological polar surface area (TPSA) is 49.8 Å². The van der Waals surface area contributed by atoms with Gasteiger partial charge in [-0.1, -0.05) is 18.6 Å². The summed E-state index contributed by atoms with van der Waals surface area (Å²) in [5, 5.41) is 10.8. The Morgan fingerprint density at radius 3 is 2.37 bits per heavy atom. The van der Waals surface area contributed by atoms with Crippen molar-refractivity contribution < 1.29 is 19.0 Å². The van der Waals surface area contributed by atoms with E-state index in [1.165, 1.54) is 12.1 Å². The monoisotopic (exact) mass is 375 g/mol. The minimum Gasteiger partial charge on any atom is -0.390 e. The molecule has 2 atom stereocenters. The van der Waals surface area contributed by atoms with E-state index in [0.29, 0.717) is 32.4 Å². The van der Waals surface area contributed by atoms with Crippen LogP contribution in [0.2, 0.25) is 0 Å². The van der Waals surface area contributed by atoms with Crippen molar-refractivity contribution in [1.29, 1.82) is 0 Å². The molecule has 3 fully saturated rings. The number of aliphatic hydroxyl groups is 1. The molecule has 1 heterocycles. The van der Waals surface area contributed by atoms with Gasteiger partial charge in [0.25, 0.3) is 0 Å². The molecule has 0 spiro atoms. The fourth-order valence-corrected chi connectivity index (χ4v) is 5.95. The maximum atomic E-state index is 13.6. The van der Waals surface area contributed by atoms with Crippen LogP contribution in [0.5, 0.6) is 0 Å². The molecule has 1 N–H and O–H groups in total. The standard InChI is InChI=1S/C22H30FNO3/c1-21(26)10-16-4-3-5-17(11-21)22(16,15-6-8-18(23)9-7-15)12-20(25)24-13-19(14-24)27-2/h6-9,16-17,19,26H,3-5,10-14H2,1-2H3. The number of carbonyl (C=O) groups is 1. The molecular formula is C22H30FNO3. The molecule has 5 heteroatoms. The molecule has 2 bridgehead atoms. The summed E-state index contributed by atoms with van der Waals surface area (Å²) in [5.41, 5.74) is 0.0789. The third kappa shape index (κ3) is 3.29. The van der Waals surface area contributed by atoms with Gasteiger partial charge in [0, 0.05) is 32.0 Å². The van der Waals surface area contributed by atoms with Crippen molar-refractivity contribution in [3.8, 4) is 0 Å². The van der Waals surface area contributed by atoms with Gasteiger partial charge in [0.1, 0.15) is 5.82 Å². The lowest BCUT2D eigenvalue weighted by molar-refractivity contribution is -0.150. The fourth-order valence-electron chi connectivity index (χ4n) is 5.95. The Morgan fingerprint density at radius 2 is 1.81 bits per heavy atom. The van der Waals surface area contributed by atoms with Crippen LogP contribution in [-0.2, 0) is 14.9 Å². The molecule has 4 nitrogen and oxygen atoms in total. The number of nitrogens with zero attached hydrogens (tertiary/aromatic N) is 1. The van der Waals surface area contributed by atoms with Gasteiger partial charge in [0.05, 0.1) is 11.7 Å². The van der Waals surface area contributed by atoms with E-state index in [0.717, 1.165) is 24.8 Å². The maximum Gasteiger partial charge on any atom is 0.223 e. The van der Waals surface area contributed by atoms with E-state index in [4.69, 9.17) is 4.74 Å². The first kappa shape index (κ1) is 18.9. The number of ether oxygens (including phenoxy) is 1. The first-order valence-corrected chi connectivity index (χ1v) is 10.1. The summed E-state index contributed by atoms with van der Waals surface area (Å²) in [5.74, 6) is 0.396. The minimum absolute atomic E-state index is 0.141. The summed E-state index contributed by atoms with van der Waals surface area (Å²) in [6.45, 7) is 3.23. The number of hydrogen-bond acceptors (Lipinski definition) is 3. The van der Waals surface area contributed by atoms with Crippen LogP contribution in [0.1, 0.15) is 51.0 Å². The van der Waals surface area contributed by atoms with Crippen LogP contribution in [0.25, 0.3) is 0 Å². The molecule has 27 heavy (non-hydrogen) atoms. The number of methoxy groups -OCH3 is 1. The fraction of sp³-hybridized carbons (Fsp3) is 0.682. The molecule has 3 aliphatic rings. The van der Waals surface area contributed by atoms with Crippen LogP contribution >= 0.6 is 0 Å². The smallest absolute Gasteiger partial charge is 0.223 e. The molecule has 1 aromatic carbocycles. The van der Waals surface area contributed by atoms with Crippen molar-refractivity contribution in [1.82, 2.24) is 4.90 Å². The van der Waals surface area contributed by atoms with Gasteiger partial charge in [-0.25, -0.2) is 4.39 Å². The van der Waals surface area contributed by atoms with Crippen molar-refractivity contribution in [2.45, 2.75) is 62.6 Å². The Labute approximate surface area is 160 Å². The van der Waals surface area contributed by atoms with Crippen LogP contribution in [0.15, 0.2) is 24.3 Å². The van der Waals surface area contributed by atoms with E-state index in [1.54, 1.807) is 7.11 Å². The SMILES string of the molecule is COC1CN(C(=O)CC2(c3ccc(F)cc3)C3CCCC2CC(C)(O)C3)C1. The summed E-state index contributed by atoms with van der Waals surface area (Å²) < 4.78 is 18.9. The molecule has 4 rings (SSSR count). The molecule has 1 amide bonds. The molecule has 1 aliphatic heterocycles. The van der Waals surface area contributed by atoms with Crippen LogP contribution < -0.4 is 0 Å². The lowest BCUT2D eigenvalue weighted by atomic mass is 9.48. The van der Waals surface area contributed by atoms with Gasteiger partial charge in [0.15, 0.2) is 0 Å². The number of benzene rings is 1. The number of amides is 1. The maximum absolute atomic E-state index is 13.6. The van der Waals surface area contributed by atoms with E-state index in [1.807, 2.05) is 24.0 Å². The summed E-state index contributed by atoms with van der Waals surface area (Å²) in [6.07, 6.45) is 5.15. The molecule has 0 aromatic heterocycles. The Morgan fingerprint density at radius 1 is 1.22 bits per heavy atom. The molecule has 1 aromatic rings. The summed E-state index contributed by atoms with van der Waals surface area (Å²) in [6, 6.07) is 6.74. The van der Waals surface area contributed by atoms with Gasteiger partial charge >= 0.3 is 0 Å². The third-order valence-corrected chi connectivity index (χ3v) is 7.29. The second kappa shape index (κ2) is 6.85. The average Bonchev–Trinajstić information content (AvgIpc) is 2.55. The highest BCUT2D eigenvalue weighted by atomic mass is 19.1. The molecule has 2 aliphatic carbocycles. The van der Waals surface area contributed by atoms with Crippen molar-refractivity contribution in [3.63, 3.8) is 0 Å². The van der Waals surface area contributed by atoms with Crippen molar-refractivity contribution in [3.05, 3.63) is 35.6 Å². The predicted octanol–water partition coefficient (Wildman–Crippen LogP) is 3.27. The molecule has 2 saturated carbocycles. The van der Waals surface area contributed by atoms with Crippen LogP contribution in [0.3, 0.4) is 0 Å². The van der Waals surface area contributed by atoms with Crippen LogP contribution in [-0.4, -0.2) is 47.8 Å². The second-order valence-electron chi connectivity index (χ2n) is 9.11. The van der Waals surface area contributed by atoms with E-state index in [9.17, 15) is 14.3 Å². The lowest BCUT2D eigenvalue weighted by Crippen LogP contribution is -2.59. The number of hydrogen-bond donors (Lipinski definition) is 1. The zero-order valence-corrected chi connectivity index (χ0v) is 16.3. The van der Waals surface area contributed by atoms with Crippen LogP contribution in [0, 0.1) is 17.7 Å². The van der Waals surface area contributed by atoms with E-state index < -0.39 is 5.60 Å². The lowest BCUT2D eigenvalue weighted by Gasteiger charge is -2.58. The van der Waals surface area contributed by atoms with Crippen molar-refractivity contribution in [2.24, 2.45) is 11.8 Å². The van der Waals surface area contributed by atoms with Crippen molar-refractivity contribution >= 4 is 5.91 Å². The van der Waals surface area contributed by atoms with Gasteiger partial charge < -0.3 is 14.7 Å². The van der Waals surface area contributed by atoms with Gasteiger partial charge in [0.2, 0.25) is 5.91 Å². The first-order valence-electron chi connectivity index (χ1n) is 10.1. The summed E-state index contributed by atoms with van der Waals surface area (Å²) in [7, 11) is 1.68. The highest BCUT2D eigenvalue weighted by Gasteiger charge is 2.56. The zero-order valence-electron chi connectivity index (χ0n) is 16.3. The highest BCUT2D eigenvalue weighted by molar-refractivity contribution is 5.79. The number of rotatable bonds is 4. The van der Waals surface area contributed by atoms with E-state index >= 15 is 0 Å². The normalized spacial score (nSPS) is 36.4. The Bertz CT molecular complexity index is 680. The van der Waals surface area contributed by atoms with Gasteiger partial charge in [-0.3, -0.25) is 4.79 Å². The quantitative estimate of drug-likeness (QED) is 0.879. The molecule has 0 radical (unpaired) electrons. The van der Waals surface area contributed by atoms with E-state index in [-0.39, 0.29) is 35.1 Å². The number of likely N-dealkylation sites (tertiary alicyclic amines) is 1. The van der Waals surface area contributed by atoms with Gasteiger partial charge in [-0.05, 0) is 62.1 Å². The van der Waals surface area contributed by atoms with Gasteiger partial charge in [-0.15, -0.1) is 0 Å². The molecular weight excluding hydrogens is 345 g/mol.